The fraction of sp³-hybridized carbons (Fsp3) is 0.818. The first kappa shape index (κ1) is 43.2. The maximum atomic E-state index is 12.0. The van der Waals surface area contributed by atoms with Crippen molar-refractivity contribution in [2.45, 2.75) is 0 Å². The standard InChI is InChI=1S/C22H42N4O9S8/c27-15-39-19-41-17-33-22(30)26-4-9-37-7-2-24-14-43(31)12-11-38-10-5-32-21(29)25-3-8-36-6-1-23-13-34-35-18-42-20-40-16-28/h13-14,27-28H,1-12,15-20H2,(H,25,29)(H,26,30). The highest BCUT2D eigenvalue weighted by molar-refractivity contribution is 8.16. The first-order valence-electron chi connectivity index (χ1n) is 12.8. The molecule has 252 valence electrons. The molecule has 0 saturated carbocycles. The summed E-state index contributed by atoms with van der Waals surface area (Å²) >= 11 is 10.5. The third kappa shape index (κ3) is 36.5. The van der Waals surface area contributed by atoms with Crippen LogP contribution in [0.3, 0.4) is 0 Å². The molecule has 0 aromatic heterocycles. The van der Waals surface area contributed by atoms with Gasteiger partial charge < -0.3 is 35.2 Å². The highest BCUT2D eigenvalue weighted by Gasteiger charge is 2.03. The lowest BCUT2D eigenvalue weighted by atomic mass is 10.7. The average molecular weight is 763 g/mol. The van der Waals surface area contributed by atoms with Gasteiger partial charge >= 0.3 is 12.2 Å². The van der Waals surface area contributed by atoms with Crippen LogP contribution in [0.5, 0.6) is 0 Å². The van der Waals surface area contributed by atoms with E-state index in [-0.39, 0.29) is 24.4 Å². The monoisotopic (exact) mass is 762 g/mol. The van der Waals surface area contributed by atoms with Crippen LogP contribution in [0.25, 0.3) is 0 Å². The van der Waals surface area contributed by atoms with Crippen LogP contribution < -0.4 is 10.6 Å². The zero-order valence-electron chi connectivity index (χ0n) is 23.8. The third-order valence-electron chi connectivity index (χ3n) is 3.95. The first-order valence-corrected chi connectivity index (χ1v) is 22.3. The molecule has 0 rings (SSSR count). The van der Waals surface area contributed by atoms with Crippen molar-refractivity contribution in [1.82, 2.24) is 10.6 Å². The van der Waals surface area contributed by atoms with E-state index in [0.29, 0.717) is 54.5 Å². The van der Waals surface area contributed by atoms with Gasteiger partial charge in [-0.25, -0.2) is 9.59 Å². The number of alkyl carbamates (subject to hydrolysis) is 2. The van der Waals surface area contributed by atoms with Gasteiger partial charge in [-0.2, -0.15) is 40.2 Å². The van der Waals surface area contributed by atoms with E-state index in [4.69, 9.17) is 29.5 Å². The van der Waals surface area contributed by atoms with Crippen LogP contribution in [-0.2, 0) is 30.0 Å². The van der Waals surface area contributed by atoms with Gasteiger partial charge in [0.1, 0.15) is 18.5 Å². The number of aliphatic hydroxyl groups excluding tert-OH is 2. The van der Waals surface area contributed by atoms with Crippen LogP contribution in [0.2, 0.25) is 0 Å². The summed E-state index contributed by atoms with van der Waals surface area (Å²) in [5.41, 5.74) is 1.47. The van der Waals surface area contributed by atoms with Gasteiger partial charge in [-0.15, -0.1) is 47.0 Å². The number of ether oxygens (including phenoxy) is 2. The zero-order valence-corrected chi connectivity index (χ0v) is 30.3. The van der Waals surface area contributed by atoms with Gasteiger partial charge in [-0.3, -0.25) is 14.2 Å². The molecule has 0 spiro atoms. The summed E-state index contributed by atoms with van der Waals surface area (Å²) in [5.74, 6) is 5.56. The molecule has 1 unspecified atom stereocenters. The molecule has 21 heteroatoms. The molecule has 0 aromatic carbocycles. The van der Waals surface area contributed by atoms with Gasteiger partial charge in [0.25, 0.3) is 0 Å². The minimum Gasteiger partial charge on any atom is -0.449 e. The summed E-state index contributed by atoms with van der Waals surface area (Å²) in [6, 6.07) is 0. The largest absolute Gasteiger partial charge is 0.449 e. The molecule has 0 radical (unpaired) electrons. The van der Waals surface area contributed by atoms with Crippen LogP contribution >= 0.6 is 82.3 Å². The predicted molar refractivity (Wildman–Crippen MR) is 192 cm³/mol. The average Bonchev–Trinajstić information content (AvgIpc) is 3.00. The summed E-state index contributed by atoms with van der Waals surface area (Å²) < 4.78 is 22.1. The summed E-state index contributed by atoms with van der Waals surface area (Å²) in [6.45, 7) is 2.41. The minimum atomic E-state index is -1.13. The Kier molecular flexibility index (Phi) is 36.8. The Labute approximate surface area is 286 Å². The molecule has 0 bridgehead atoms. The summed E-state index contributed by atoms with van der Waals surface area (Å²) in [5, 5.41) is 24.0. The molecule has 2 amide bonds. The number of rotatable bonds is 31. The number of hydrogen-bond donors (Lipinski definition) is 4. The van der Waals surface area contributed by atoms with Crippen molar-refractivity contribution < 1.29 is 43.3 Å². The zero-order chi connectivity index (χ0) is 31.5. The van der Waals surface area contributed by atoms with Gasteiger partial charge in [-0.05, 0) is 0 Å². The van der Waals surface area contributed by atoms with Crippen molar-refractivity contribution in [1.29, 1.82) is 0 Å². The topological polar surface area (TPSA) is 177 Å². The van der Waals surface area contributed by atoms with E-state index in [1.807, 2.05) is 0 Å². The number of aliphatic imine (C=N–C) groups is 2. The van der Waals surface area contributed by atoms with Gasteiger partial charge in [0.2, 0.25) is 6.40 Å². The first-order chi connectivity index (χ1) is 21.1. The summed E-state index contributed by atoms with van der Waals surface area (Å²) in [6.07, 6.45) is 0.354. The number of hydrogen-bond acceptors (Lipinski definition) is 18. The van der Waals surface area contributed by atoms with Crippen molar-refractivity contribution in [2.24, 2.45) is 9.98 Å². The van der Waals surface area contributed by atoms with Crippen molar-refractivity contribution in [3.05, 3.63) is 0 Å². The van der Waals surface area contributed by atoms with Crippen LogP contribution in [-0.4, -0.2) is 146 Å². The maximum absolute atomic E-state index is 12.0. The Morgan fingerprint density at radius 1 is 0.721 bits per heavy atom. The summed E-state index contributed by atoms with van der Waals surface area (Å²) in [7, 11) is -1.13. The fourth-order valence-corrected chi connectivity index (χ4v) is 7.83. The molecule has 0 aromatic rings. The molecule has 0 aliphatic rings. The predicted octanol–water partition coefficient (Wildman–Crippen LogP) is 3.05. The van der Waals surface area contributed by atoms with E-state index in [0.717, 1.165) is 28.1 Å². The third-order valence-corrected chi connectivity index (χ3v) is 11.7. The highest BCUT2D eigenvalue weighted by atomic mass is 32.2. The van der Waals surface area contributed by atoms with E-state index in [9.17, 15) is 13.8 Å². The van der Waals surface area contributed by atoms with Crippen LogP contribution in [0.15, 0.2) is 9.98 Å². The molecular weight excluding hydrogens is 721 g/mol. The lowest BCUT2D eigenvalue weighted by Crippen LogP contribution is -2.27. The van der Waals surface area contributed by atoms with Crippen LogP contribution in [0.1, 0.15) is 0 Å². The van der Waals surface area contributed by atoms with Crippen molar-refractivity contribution >= 4 is 117 Å². The van der Waals surface area contributed by atoms with Gasteiger partial charge in [0, 0.05) is 70.1 Å². The van der Waals surface area contributed by atoms with E-state index in [1.54, 1.807) is 35.3 Å². The molecular formula is C22H42N4O9S8. The Bertz CT molecular complexity index is 749. The molecule has 4 N–H and O–H groups in total. The SMILES string of the molecule is O=C(NCCSCCN=COOCSCSCO)OCCSCCS(=O)C=NCCSCCNC(=O)OCSCSCO. The number of thioether (sulfide) groups is 7. The number of carbonyl (C=O) groups excluding carboxylic acids is 2. The fourth-order valence-electron chi connectivity index (χ4n) is 2.15. The van der Waals surface area contributed by atoms with Crippen LogP contribution in [0.4, 0.5) is 9.59 Å². The number of amides is 2. The molecule has 0 aliphatic heterocycles. The Morgan fingerprint density at radius 2 is 1.33 bits per heavy atom. The molecule has 13 nitrogen and oxygen atoms in total. The van der Waals surface area contributed by atoms with Gasteiger partial charge in [-0.1, -0.05) is 0 Å². The summed E-state index contributed by atoms with van der Waals surface area (Å²) in [4.78, 5) is 41.1. The second-order valence-electron chi connectivity index (χ2n) is 7.13. The normalized spacial score (nSPS) is 12.0. The second kappa shape index (κ2) is 36.6. The number of aliphatic hydroxyl groups is 2. The molecule has 0 saturated heterocycles. The van der Waals surface area contributed by atoms with Gasteiger partial charge in [0.15, 0.2) is 0 Å². The quantitative estimate of drug-likeness (QED) is 0.0202. The Hall–Kier alpha value is 0.160. The molecule has 0 fully saturated rings. The van der Waals surface area contributed by atoms with Gasteiger partial charge in [0.05, 0.1) is 34.8 Å². The molecule has 0 aliphatic carbocycles. The lowest BCUT2D eigenvalue weighted by Gasteiger charge is -2.06. The Balaban J connectivity index is 3.42. The van der Waals surface area contributed by atoms with Crippen molar-refractivity contribution in [3.63, 3.8) is 0 Å². The van der Waals surface area contributed by atoms with E-state index >= 15 is 0 Å². The highest BCUT2D eigenvalue weighted by Crippen LogP contribution is 2.11. The van der Waals surface area contributed by atoms with Crippen LogP contribution in [0, 0.1) is 0 Å². The maximum Gasteiger partial charge on any atom is 0.407 e. The molecule has 0 heterocycles. The number of nitrogens with one attached hydrogen (secondary N) is 2. The number of nitrogens with zero attached hydrogens (tertiary/aromatic N) is 2. The molecule has 1 atom stereocenters. The van der Waals surface area contributed by atoms with Crippen molar-refractivity contribution in [2.75, 3.05) is 107 Å². The van der Waals surface area contributed by atoms with Crippen molar-refractivity contribution in [3.8, 4) is 0 Å². The smallest absolute Gasteiger partial charge is 0.407 e. The lowest BCUT2D eigenvalue weighted by molar-refractivity contribution is -0.196. The van der Waals surface area contributed by atoms with E-state index in [2.05, 4.69) is 20.6 Å². The second-order valence-corrected chi connectivity index (χ2v) is 16.7. The Morgan fingerprint density at radius 3 is 2.00 bits per heavy atom. The van der Waals surface area contributed by atoms with E-state index in [1.165, 1.54) is 59.0 Å². The molecule has 43 heavy (non-hydrogen) atoms. The number of carbonyl (C=O) groups is 2. The minimum absolute atomic E-state index is 0.0532. The van der Waals surface area contributed by atoms with E-state index < -0.39 is 23.0 Å².